The van der Waals surface area contributed by atoms with Crippen LogP contribution in [0.15, 0.2) is 24.3 Å². The van der Waals surface area contributed by atoms with Gasteiger partial charge >= 0.3 is 5.97 Å². The lowest BCUT2D eigenvalue weighted by atomic mass is 10.2. The molecule has 0 saturated heterocycles. The lowest BCUT2D eigenvalue weighted by molar-refractivity contribution is -0.146. The van der Waals surface area contributed by atoms with E-state index in [-0.39, 0.29) is 5.97 Å². The molecule has 0 heterocycles. The zero-order valence-corrected chi connectivity index (χ0v) is 9.32. The van der Waals surface area contributed by atoms with Gasteiger partial charge in [-0.25, -0.2) is 0 Å². The van der Waals surface area contributed by atoms with Gasteiger partial charge in [-0.15, -0.1) is 0 Å². The average molecular weight is 291 g/mol. The lowest BCUT2D eigenvalue weighted by Crippen LogP contribution is -2.18. The summed E-state index contributed by atoms with van der Waals surface area (Å²) in [4.78, 5) is 10.6. The zero-order chi connectivity index (χ0) is 9.84. The molecule has 0 aromatic heterocycles. The standard InChI is InChI=1S/C9H10INO2/c1-6(12)13-9(11)7-4-2-3-5-8(7)10/h2-5,9H,11H2,1H3. The van der Waals surface area contributed by atoms with Crippen LogP contribution < -0.4 is 5.73 Å². The maximum absolute atomic E-state index is 10.6. The number of rotatable bonds is 2. The van der Waals surface area contributed by atoms with Crippen molar-refractivity contribution in [1.29, 1.82) is 0 Å². The van der Waals surface area contributed by atoms with Crippen molar-refractivity contribution in [3.05, 3.63) is 33.4 Å². The summed E-state index contributed by atoms with van der Waals surface area (Å²) in [7, 11) is 0. The second-order valence-electron chi connectivity index (χ2n) is 2.55. The maximum Gasteiger partial charge on any atom is 0.304 e. The van der Waals surface area contributed by atoms with Crippen molar-refractivity contribution in [3.8, 4) is 0 Å². The second-order valence-corrected chi connectivity index (χ2v) is 3.71. The molecule has 0 fully saturated rings. The van der Waals surface area contributed by atoms with E-state index in [1.54, 1.807) is 0 Å². The van der Waals surface area contributed by atoms with Crippen molar-refractivity contribution < 1.29 is 9.53 Å². The molecule has 3 nitrogen and oxygen atoms in total. The highest BCUT2D eigenvalue weighted by molar-refractivity contribution is 14.1. The fourth-order valence-corrected chi connectivity index (χ4v) is 1.64. The average Bonchev–Trinajstić information content (AvgIpc) is 2.03. The van der Waals surface area contributed by atoms with Crippen LogP contribution in [0.5, 0.6) is 0 Å². The van der Waals surface area contributed by atoms with E-state index in [0.717, 1.165) is 9.13 Å². The highest BCUT2D eigenvalue weighted by Crippen LogP contribution is 2.18. The fourth-order valence-electron chi connectivity index (χ4n) is 0.948. The number of benzene rings is 1. The minimum absolute atomic E-state index is 0.368. The summed E-state index contributed by atoms with van der Waals surface area (Å²) in [6, 6.07) is 7.53. The SMILES string of the molecule is CC(=O)OC(N)c1ccccc1I. The number of carbonyl (C=O) groups is 1. The quantitative estimate of drug-likeness (QED) is 0.513. The van der Waals surface area contributed by atoms with E-state index in [1.807, 2.05) is 24.3 Å². The van der Waals surface area contributed by atoms with E-state index in [1.165, 1.54) is 6.92 Å². The predicted octanol–water partition coefficient (Wildman–Crippen LogP) is 1.81. The van der Waals surface area contributed by atoms with Crippen LogP contribution in [0.4, 0.5) is 0 Å². The molecule has 0 amide bonds. The summed E-state index contributed by atoms with van der Waals surface area (Å²) in [6.45, 7) is 1.34. The molecule has 0 bridgehead atoms. The Morgan fingerprint density at radius 2 is 2.15 bits per heavy atom. The van der Waals surface area contributed by atoms with Crippen molar-refractivity contribution in [2.45, 2.75) is 13.2 Å². The third kappa shape index (κ3) is 2.96. The minimum atomic E-state index is -0.661. The van der Waals surface area contributed by atoms with E-state index in [2.05, 4.69) is 22.6 Å². The number of carbonyl (C=O) groups excluding carboxylic acids is 1. The molecule has 1 atom stereocenters. The van der Waals surface area contributed by atoms with Crippen molar-refractivity contribution in [1.82, 2.24) is 0 Å². The van der Waals surface area contributed by atoms with Crippen LogP contribution in [-0.2, 0) is 9.53 Å². The minimum Gasteiger partial charge on any atom is -0.443 e. The lowest BCUT2D eigenvalue weighted by Gasteiger charge is -2.13. The van der Waals surface area contributed by atoms with Crippen LogP contribution in [0.25, 0.3) is 0 Å². The molecular weight excluding hydrogens is 281 g/mol. The normalized spacial score (nSPS) is 12.2. The second kappa shape index (κ2) is 4.57. The van der Waals surface area contributed by atoms with Crippen LogP contribution in [0.3, 0.4) is 0 Å². The Morgan fingerprint density at radius 1 is 1.54 bits per heavy atom. The van der Waals surface area contributed by atoms with Gasteiger partial charge in [0.2, 0.25) is 0 Å². The van der Waals surface area contributed by atoms with Gasteiger partial charge in [-0.2, -0.15) is 0 Å². The topological polar surface area (TPSA) is 52.3 Å². The molecule has 0 saturated carbocycles. The van der Waals surface area contributed by atoms with E-state index in [0.29, 0.717) is 0 Å². The zero-order valence-electron chi connectivity index (χ0n) is 7.16. The molecule has 0 radical (unpaired) electrons. The van der Waals surface area contributed by atoms with E-state index in [9.17, 15) is 4.79 Å². The Hall–Kier alpha value is -0.620. The molecule has 2 N–H and O–H groups in total. The first-order valence-corrected chi connectivity index (χ1v) is 4.86. The molecular formula is C9H10INO2. The fraction of sp³-hybridized carbons (Fsp3) is 0.222. The van der Waals surface area contributed by atoms with Crippen LogP contribution in [0.2, 0.25) is 0 Å². The molecule has 1 rings (SSSR count). The van der Waals surface area contributed by atoms with Gasteiger partial charge in [0.1, 0.15) is 0 Å². The Bertz CT molecular complexity index is 314. The molecule has 4 heteroatoms. The number of hydrogen-bond donors (Lipinski definition) is 1. The number of ether oxygens (including phenoxy) is 1. The van der Waals surface area contributed by atoms with Gasteiger partial charge in [0.25, 0.3) is 0 Å². The summed E-state index contributed by atoms with van der Waals surface area (Å²) in [5.41, 5.74) is 6.48. The summed E-state index contributed by atoms with van der Waals surface area (Å²) >= 11 is 2.15. The monoisotopic (exact) mass is 291 g/mol. The third-order valence-electron chi connectivity index (χ3n) is 1.50. The van der Waals surface area contributed by atoms with Gasteiger partial charge in [0, 0.05) is 16.1 Å². The highest BCUT2D eigenvalue weighted by Gasteiger charge is 2.11. The van der Waals surface area contributed by atoms with Crippen LogP contribution in [-0.4, -0.2) is 5.97 Å². The van der Waals surface area contributed by atoms with Crippen LogP contribution >= 0.6 is 22.6 Å². The van der Waals surface area contributed by atoms with Crippen molar-refractivity contribution in [2.24, 2.45) is 5.73 Å². The number of halogens is 1. The van der Waals surface area contributed by atoms with Crippen molar-refractivity contribution >= 4 is 28.6 Å². The number of esters is 1. The van der Waals surface area contributed by atoms with Crippen LogP contribution in [0.1, 0.15) is 18.7 Å². The van der Waals surface area contributed by atoms with E-state index >= 15 is 0 Å². The van der Waals surface area contributed by atoms with Gasteiger partial charge in [0.15, 0.2) is 6.23 Å². The predicted molar refractivity (Wildman–Crippen MR) is 57.9 cm³/mol. The first kappa shape index (κ1) is 10.5. The van der Waals surface area contributed by atoms with Gasteiger partial charge in [-0.05, 0) is 28.7 Å². The Labute approximate surface area is 90.4 Å². The summed E-state index contributed by atoms with van der Waals surface area (Å²) in [5, 5.41) is 0. The molecule has 1 aromatic carbocycles. The first-order valence-electron chi connectivity index (χ1n) is 3.78. The van der Waals surface area contributed by atoms with Crippen LogP contribution in [0, 0.1) is 3.57 Å². The van der Waals surface area contributed by atoms with Gasteiger partial charge < -0.3 is 4.74 Å². The molecule has 0 aliphatic rings. The smallest absolute Gasteiger partial charge is 0.304 e. The molecule has 0 spiro atoms. The van der Waals surface area contributed by atoms with Crippen molar-refractivity contribution in [2.75, 3.05) is 0 Å². The highest BCUT2D eigenvalue weighted by atomic mass is 127. The first-order chi connectivity index (χ1) is 6.11. The molecule has 0 aliphatic heterocycles. The molecule has 70 valence electrons. The van der Waals surface area contributed by atoms with E-state index < -0.39 is 6.23 Å². The summed E-state index contributed by atoms with van der Waals surface area (Å²) in [5.74, 6) is -0.368. The molecule has 1 unspecified atom stereocenters. The maximum atomic E-state index is 10.6. The Morgan fingerprint density at radius 3 is 2.69 bits per heavy atom. The number of nitrogens with two attached hydrogens (primary N) is 1. The summed E-state index contributed by atoms with van der Waals surface area (Å²) < 4.78 is 5.85. The Balaban J connectivity index is 2.82. The van der Waals surface area contributed by atoms with Gasteiger partial charge in [-0.1, -0.05) is 18.2 Å². The number of hydrogen-bond acceptors (Lipinski definition) is 3. The van der Waals surface area contributed by atoms with E-state index in [4.69, 9.17) is 10.5 Å². The molecule has 0 aliphatic carbocycles. The Kier molecular flexibility index (Phi) is 3.68. The molecule has 1 aromatic rings. The third-order valence-corrected chi connectivity index (χ3v) is 2.49. The van der Waals surface area contributed by atoms with Gasteiger partial charge in [-0.3, -0.25) is 10.5 Å². The molecule has 13 heavy (non-hydrogen) atoms. The van der Waals surface area contributed by atoms with Crippen molar-refractivity contribution in [3.63, 3.8) is 0 Å². The summed E-state index contributed by atoms with van der Waals surface area (Å²) in [6.07, 6.45) is -0.661. The van der Waals surface area contributed by atoms with Gasteiger partial charge in [0.05, 0.1) is 0 Å². The largest absolute Gasteiger partial charge is 0.443 e.